The van der Waals surface area contributed by atoms with Gasteiger partial charge in [-0.3, -0.25) is 9.78 Å². The van der Waals surface area contributed by atoms with E-state index in [0.717, 1.165) is 17.5 Å². The third-order valence-corrected chi connectivity index (χ3v) is 3.87. The van der Waals surface area contributed by atoms with Gasteiger partial charge < -0.3 is 14.8 Å². The second kappa shape index (κ2) is 8.91. The summed E-state index contributed by atoms with van der Waals surface area (Å²) in [5, 5.41) is 2.93. The first-order valence-electron chi connectivity index (χ1n) is 8.10. The molecule has 5 heteroatoms. The standard InChI is InChI=1S/C19H24N2O3/c1-4-14(2)19(22)21-12-15-7-8-17(18(10-15)23-3)24-13-16-6-5-9-20-11-16/h5-11,14H,4,12-13H2,1-3H3,(H,21,22)/t14-/m0/s1. The zero-order valence-corrected chi connectivity index (χ0v) is 14.4. The first kappa shape index (κ1) is 17.8. The molecule has 0 aliphatic rings. The molecule has 1 aromatic heterocycles. The molecule has 0 radical (unpaired) electrons. The predicted octanol–water partition coefficient (Wildman–Crippen LogP) is 3.33. The number of carbonyl (C=O) groups is 1. The molecule has 1 atom stereocenters. The number of nitrogens with zero attached hydrogens (tertiary/aromatic N) is 1. The summed E-state index contributed by atoms with van der Waals surface area (Å²) >= 11 is 0. The number of amides is 1. The SMILES string of the molecule is CC[C@H](C)C(=O)NCc1ccc(OCc2cccnc2)c(OC)c1. The molecule has 2 aromatic rings. The number of rotatable bonds is 8. The third kappa shape index (κ3) is 4.98. The van der Waals surface area contributed by atoms with Crippen LogP contribution in [0.5, 0.6) is 11.5 Å². The van der Waals surface area contributed by atoms with E-state index in [0.29, 0.717) is 24.7 Å². The first-order chi connectivity index (χ1) is 11.6. The van der Waals surface area contributed by atoms with Crippen LogP contribution in [0.4, 0.5) is 0 Å². The minimum absolute atomic E-state index is 0.0222. The Morgan fingerprint density at radius 2 is 2.08 bits per heavy atom. The van der Waals surface area contributed by atoms with Crippen molar-refractivity contribution in [3.63, 3.8) is 0 Å². The number of aromatic nitrogens is 1. The number of pyridine rings is 1. The zero-order valence-electron chi connectivity index (χ0n) is 14.4. The van der Waals surface area contributed by atoms with Gasteiger partial charge in [0.1, 0.15) is 6.61 Å². The highest BCUT2D eigenvalue weighted by molar-refractivity contribution is 5.78. The van der Waals surface area contributed by atoms with Crippen LogP contribution in [0.25, 0.3) is 0 Å². The maximum absolute atomic E-state index is 11.9. The quantitative estimate of drug-likeness (QED) is 0.807. The Labute approximate surface area is 143 Å². The Morgan fingerprint density at radius 1 is 1.25 bits per heavy atom. The number of nitrogens with one attached hydrogen (secondary N) is 1. The molecule has 0 unspecified atom stereocenters. The van der Waals surface area contributed by atoms with E-state index in [1.165, 1.54) is 0 Å². The van der Waals surface area contributed by atoms with Crippen molar-refractivity contribution in [1.29, 1.82) is 0 Å². The molecule has 1 amide bonds. The van der Waals surface area contributed by atoms with Crippen molar-refractivity contribution in [2.45, 2.75) is 33.4 Å². The van der Waals surface area contributed by atoms with Gasteiger partial charge in [0.15, 0.2) is 11.5 Å². The molecule has 5 nitrogen and oxygen atoms in total. The van der Waals surface area contributed by atoms with Crippen molar-refractivity contribution in [1.82, 2.24) is 10.3 Å². The van der Waals surface area contributed by atoms with Crippen molar-refractivity contribution in [3.8, 4) is 11.5 Å². The highest BCUT2D eigenvalue weighted by Crippen LogP contribution is 2.28. The fourth-order valence-electron chi connectivity index (χ4n) is 2.13. The zero-order chi connectivity index (χ0) is 17.4. The second-order valence-electron chi connectivity index (χ2n) is 5.66. The van der Waals surface area contributed by atoms with Crippen molar-refractivity contribution in [2.75, 3.05) is 7.11 Å². The molecule has 1 heterocycles. The number of benzene rings is 1. The summed E-state index contributed by atoms with van der Waals surface area (Å²) in [7, 11) is 1.60. The maximum atomic E-state index is 11.9. The normalized spacial score (nSPS) is 11.6. The van der Waals surface area contributed by atoms with Crippen molar-refractivity contribution in [3.05, 3.63) is 53.9 Å². The van der Waals surface area contributed by atoms with Crippen molar-refractivity contribution >= 4 is 5.91 Å². The van der Waals surface area contributed by atoms with Crippen LogP contribution in [0.15, 0.2) is 42.7 Å². The monoisotopic (exact) mass is 328 g/mol. The Bertz CT molecular complexity index is 659. The Kier molecular flexibility index (Phi) is 6.61. The van der Waals surface area contributed by atoms with Gasteiger partial charge in [-0.05, 0) is 30.2 Å². The van der Waals surface area contributed by atoms with Gasteiger partial charge in [-0.1, -0.05) is 26.0 Å². The summed E-state index contributed by atoms with van der Waals surface area (Å²) in [6, 6.07) is 9.50. The van der Waals surface area contributed by atoms with E-state index in [-0.39, 0.29) is 11.8 Å². The molecule has 0 aliphatic carbocycles. The summed E-state index contributed by atoms with van der Waals surface area (Å²) in [6.45, 7) is 4.82. The van der Waals surface area contributed by atoms with Crippen molar-refractivity contribution in [2.24, 2.45) is 5.92 Å². The Balaban J connectivity index is 1.98. The van der Waals surface area contributed by atoms with E-state index in [2.05, 4.69) is 10.3 Å². The van der Waals surface area contributed by atoms with E-state index in [4.69, 9.17) is 9.47 Å². The lowest BCUT2D eigenvalue weighted by Gasteiger charge is -2.13. The fraction of sp³-hybridized carbons (Fsp3) is 0.368. The molecule has 1 aromatic carbocycles. The Morgan fingerprint density at radius 3 is 2.75 bits per heavy atom. The molecule has 0 fully saturated rings. The second-order valence-corrected chi connectivity index (χ2v) is 5.66. The number of carbonyl (C=O) groups excluding carboxylic acids is 1. The van der Waals surface area contributed by atoms with Crippen LogP contribution < -0.4 is 14.8 Å². The lowest BCUT2D eigenvalue weighted by atomic mass is 10.1. The molecule has 0 saturated heterocycles. The van der Waals surface area contributed by atoms with Gasteiger partial charge >= 0.3 is 0 Å². The first-order valence-corrected chi connectivity index (χ1v) is 8.10. The summed E-state index contributed by atoms with van der Waals surface area (Å²) in [4.78, 5) is 15.9. The van der Waals surface area contributed by atoms with Crippen LogP contribution in [-0.4, -0.2) is 18.0 Å². The molecular weight excluding hydrogens is 304 g/mol. The number of hydrogen-bond donors (Lipinski definition) is 1. The molecule has 0 spiro atoms. The van der Waals surface area contributed by atoms with Crippen LogP contribution >= 0.6 is 0 Å². The minimum atomic E-state index is 0.0222. The van der Waals surface area contributed by atoms with Gasteiger partial charge in [-0.2, -0.15) is 0 Å². The van der Waals surface area contributed by atoms with E-state index in [1.54, 1.807) is 19.5 Å². The number of hydrogen-bond acceptors (Lipinski definition) is 4. The van der Waals surface area contributed by atoms with Crippen LogP contribution in [0, 0.1) is 5.92 Å². The van der Waals surface area contributed by atoms with Crippen molar-refractivity contribution < 1.29 is 14.3 Å². The largest absolute Gasteiger partial charge is 0.493 e. The van der Waals surface area contributed by atoms with E-state index in [9.17, 15) is 4.79 Å². The highest BCUT2D eigenvalue weighted by atomic mass is 16.5. The number of methoxy groups -OCH3 is 1. The molecule has 2 rings (SSSR count). The summed E-state index contributed by atoms with van der Waals surface area (Å²) in [6.07, 6.45) is 4.33. The fourth-order valence-corrected chi connectivity index (χ4v) is 2.13. The molecule has 24 heavy (non-hydrogen) atoms. The lowest BCUT2D eigenvalue weighted by molar-refractivity contribution is -0.124. The molecule has 0 bridgehead atoms. The van der Waals surface area contributed by atoms with Crippen LogP contribution in [0.2, 0.25) is 0 Å². The highest BCUT2D eigenvalue weighted by Gasteiger charge is 2.11. The summed E-state index contributed by atoms with van der Waals surface area (Å²) < 4.78 is 11.2. The van der Waals surface area contributed by atoms with Crippen LogP contribution in [0.3, 0.4) is 0 Å². The maximum Gasteiger partial charge on any atom is 0.223 e. The van der Waals surface area contributed by atoms with E-state index >= 15 is 0 Å². The lowest BCUT2D eigenvalue weighted by Crippen LogP contribution is -2.28. The molecule has 1 N–H and O–H groups in total. The smallest absolute Gasteiger partial charge is 0.223 e. The summed E-state index contributed by atoms with van der Waals surface area (Å²) in [5.41, 5.74) is 1.96. The average molecular weight is 328 g/mol. The predicted molar refractivity (Wildman–Crippen MR) is 92.9 cm³/mol. The van der Waals surface area contributed by atoms with Gasteiger partial charge in [-0.25, -0.2) is 0 Å². The van der Waals surface area contributed by atoms with Gasteiger partial charge in [0.2, 0.25) is 5.91 Å². The van der Waals surface area contributed by atoms with Gasteiger partial charge in [-0.15, -0.1) is 0 Å². The molecule has 0 aliphatic heterocycles. The molecule has 128 valence electrons. The molecule has 0 saturated carbocycles. The van der Waals surface area contributed by atoms with Gasteiger partial charge in [0.05, 0.1) is 7.11 Å². The minimum Gasteiger partial charge on any atom is -0.493 e. The van der Waals surface area contributed by atoms with E-state index < -0.39 is 0 Å². The molecular formula is C19H24N2O3. The summed E-state index contributed by atoms with van der Waals surface area (Å²) in [5.74, 6) is 1.40. The van der Waals surface area contributed by atoms with Gasteiger partial charge in [0.25, 0.3) is 0 Å². The third-order valence-electron chi connectivity index (χ3n) is 3.87. The Hall–Kier alpha value is -2.56. The average Bonchev–Trinajstić information content (AvgIpc) is 2.64. The van der Waals surface area contributed by atoms with Crippen LogP contribution in [-0.2, 0) is 17.9 Å². The van der Waals surface area contributed by atoms with E-state index in [1.807, 2.05) is 44.2 Å². The number of ether oxygens (including phenoxy) is 2. The van der Waals surface area contributed by atoms with Gasteiger partial charge in [0, 0.05) is 30.4 Å². The topological polar surface area (TPSA) is 60.5 Å². The van der Waals surface area contributed by atoms with Crippen LogP contribution in [0.1, 0.15) is 31.4 Å².